The van der Waals surface area contributed by atoms with E-state index in [0.29, 0.717) is 17.6 Å². The van der Waals surface area contributed by atoms with Gasteiger partial charge in [-0.1, -0.05) is 146 Å². The Morgan fingerprint density at radius 2 is 0.877 bits per heavy atom. The molecular formula is C51H31N5O. The number of fused-ring (bicyclic) bond motifs is 9. The van der Waals surface area contributed by atoms with Gasteiger partial charge in [0, 0.05) is 43.4 Å². The van der Waals surface area contributed by atoms with Gasteiger partial charge in [-0.25, -0.2) is 4.98 Å². The number of benzene rings is 8. The molecule has 0 atom stereocenters. The van der Waals surface area contributed by atoms with Gasteiger partial charge in [0.2, 0.25) is 5.95 Å². The Kier molecular flexibility index (Phi) is 6.83. The smallest absolute Gasteiger partial charge is 0.238 e. The average Bonchev–Trinajstić information content (AvgIpc) is 3.94. The van der Waals surface area contributed by atoms with E-state index in [4.69, 9.17) is 19.4 Å². The van der Waals surface area contributed by atoms with Crippen LogP contribution in [-0.2, 0) is 0 Å². The van der Waals surface area contributed by atoms with Gasteiger partial charge < -0.3 is 8.98 Å². The summed E-state index contributed by atoms with van der Waals surface area (Å²) in [5, 5.41) is 6.86. The number of hydrogen-bond acceptors (Lipinski definition) is 4. The summed E-state index contributed by atoms with van der Waals surface area (Å²) >= 11 is 0. The van der Waals surface area contributed by atoms with Gasteiger partial charge in [-0.2, -0.15) is 9.97 Å². The molecule has 12 aromatic rings. The zero-order chi connectivity index (χ0) is 37.5. The Bertz CT molecular complexity index is 3470. The second-order valence-electron chi connectivity index (χ2n) is 14.4. The van der Waals surface area contributed by atoms with Crippen molar-refractivity contribution in [1.29, 1.82) is 0 Å². The first-order valence-electron chi connectivity index (χ1n) is 19.1. The average molecular weight is 730 g/mol. The molecule has 0 saturated heterocycles. The lowest BCUT2D eigenvalue weighted by atomic mass is 10.0. The van der Waals surface area contributed by atoms with E-state index in [1.165, 1.54) is 10.8 Å². The van der Waals surface area contributed by atoms with Crippen LogP contribution in [0.15, 0.2) is 192 Å². The third kappa shape index (κ3) is 4.87. The summed E-state index contributed by atoms with van der Waals surface area (Å²) in [5.74, 6) is 1.83. The highest BCUT2D eigenvalue weighted by Gasteiger charge is 2.21. The van der Waals surface area contributed by atoms with Crippen LogP contribution in [0.5, 0.6) is 0 Å². The fraction of sp³-hybridized carbons (Fsp3) is 0. The Morgan fingerprint density at radius 3 is 1.61 bits per heavy atom. The van der Waals surface area contributed by atoms with Crippen molar-refractivity contribution < 1.29 is 4.42 Å². The van der Waals surface area contributed by atoms with Gasteiger partial charge in [-0.15, -0.1) is 0 Å². The molecule has 0 bridgehead atoms. The number of para-hydroxylation sites is 4. The van der Waals surface area contributed by atoms with Crippen molar-refractivity contribution in [2.75, 3.05) is 0 Å². The van der Waals surface area contributed by atoms with E-state index in [0.717, 1.165) is 82.7 Å². The van der Waals surface area contributed by atoms with Crippen LogP contribution < -0.4 is 0 Å². The van der Waals surface area contributed by atoms with Crippen molar-refractivity contribution in [2.45, 2.75) is 0 Å². The summed E-state index contributed by atoms with van der Waals surface area (Å²) in [6.07, 6.45) is 0. The second-order valence-corrected chi connectivity index (χ2v) is 14.4. The highest BCUT2D eigenvalue weighted by Crippen LogP contribution is 2.40. The summed E-state index contributed by atoms with van der Waals surface area (Å²) in [6, 6.07) is 65.6. The van der Waals surface area contributed by atoms with Gasteiger partial charge in [0.05, 0.1) is 27.8 Å². The largest absolute Gasteiger partial charge is 0.454 e. The standard InChI is InChI=1S/C51H31N5O/c1-3-14-32(15-4-1)49-52-50(33-16-5-2-6-17-33)54-51(53-49)56-43-23-11-7-18-36(43)38-28-26-35(31-46(38)56)34-27-29-44-41(30-34)37-19-8-10-22-42(37)55(44)45-24-13-21-40-39-20-9-12-25-47(39)57-48(40)45/h1-31H. The van der Waals surface area contributed by atoms with Crippen molar-refractivity contribution >= 4 is 65.6 Å². The molecule has 0 N–H and O–H groups in total. The van der Waals surface area contributed by atoms with E-state index in [9.17, 15) is 0 Å². The summed E-state index contributed by atoms with van der Waals surface area (Å²) in [6.45, 7) is 0. The SMILES string of the molecule is c1ccc(-c2nc(-c3ccccc3)nc(-n3c4ccccc4c4ccc(-c5ccc6c(c5)c5ccccc5n6-c5cccc6c5oc5ccccc56)cc43)n2)cc1. The predicted molar refractivity (Wildman–Crippen MR) is 232 cm³/mol. The van der Waals surface area contributed by atoms with Crippen LogP contribution in [0.2, 0.25) is 0 Å². The first kappa shape index (κ1) is 31.5. The van der Waals surface area contributed by atoms with Gasteiger partial charge in [-0.05, 0) is 53.6 Å². The minimum atomic E-state index is 0.573. The molecule has 0 aliphatic heterocycles. The lowest BCUT2D eigenvalue weighted by Crippen LogP contribution is -2.06. The van der Waals surface area contributed by atoms with E-state index in [1.54, 1.807) is 0 Å². The van der Waals surface area contributed by atoms with Crippen molar-refractivity contribution in [1.82, 2.24) is 24.1 Å². The van der Waals surface area contributed by atoms with Crippen LogP contribution in [0, 0.1) is 0 Å². The molecule has 0 aliphatic carbocycles. The Morgan fingerprint density at radius 1 is 0.333 bits per heavy atom. The van der Waals surface area contributed by atoms with Crippen molar-refractivity contribution in [3.8, 4) is 45.5 Å². The fourth-order valence-corrected chi connectivity index (χ4v) is 8.58. The maximum absolute atomic E-state index is 6.54. The van der Waals surface area contributed by atoms with Crippen LogP contribution in [0.4, 0.5) is 0 Å². The molecule has 4 aromatic heterocycles. The molecule has 8 aromatic carbocycles. The second kappa shape index (κ2) is 12.3. The maximum atomic E-state index is 6.54. The molecule has 0 saturated carbocycles. The van der Waals surface area contributed by atoms with Crippen molar-refractivity contribution in [2.24, 2.45) is 0 Å². The summed E-state index contributed by atoms with van der Waals surface area (Å²) in [7, 11) is 0. The molecular weight excluding hydrogens is 699 g/mol. The maximum Gasteiger partial charge on any atom is 0.238 e. The molecule has 0 fully saturated rings. The molecule has 6 nitrogen and oxygen atoms in total. The lowest BCUT2D eigenvalue weighted by molar-refractivity contribution is 0.666. The van der Waals surface area contributed by atoms with Gasteiger partial charge in [0.1, 0.15) is 5.58 Å². The summed E-state index contributed by atoms with van der Waals surface area (Å²) in [4.78, 5) is 15.3. The first-order chi connectivity index (χ1) is 28.3. The topological polar surface area (TPSA) is 61.7 Å². The van der Waals surface area contributed by atoms with Crippen LogP contribution in [-0.4, -0.2) is 24.1 Å². The first-order valence-corrected chi connectivity index (χ1v) is 19.1. The third-order valence-corrected chi connectivity index (χ3v) is 11.2. The summed E-state index contributed by atoms with van der Waals surface area (Å²) < 4.78 is 11.1. The molecule has 0 aliphatic rings. The van der Waals surface area contributed by atoms with Gasteiger partial charge in [-0.3, -0.25) is 4.57 Å². The molecule has 57 heavy (non-hydrogen) atoms. The molecule has 4 heterocycles. The molecule has 266 valence electrons. The molecule has 0 radical (unpaired) electrons. The van der Waals surface area contributed by atoms with Crippen LogP contribution in [0.1, 0.15) is 0 Å². The number of aromatic nitrogens is 5. The van der Waals surface area contributed by atoms with Gasteiger partial charge in [0.15, 0.2) is 17.2 Å². The quantitative estimate of drug-likeness (QED) is 0.177. The molecule has 12 rings (SSSR count). The fourth-order valence-electron chi connectivity index (χ4n) is 8.58. The highest BCUT2D eigenvalue weighted by atomic mass is 16.3. The molecule has 0 unspecified atom stereocenters. The number of rotatable bonds is 5. The van der Waals surface area contributed by atoms with Crippen molar-refractivity contribution in [3.05, 3.63) is 188 Å². The Balaban J connectivity index is 1.07. The summed E-state index contributed by atoms with van der Waals surface area (Å²) in [5.41, 5.74) is 11.2. The monoisotopic (exact) mass is 729 g/mol. The zero-order valence-electron chi connectivity index (χ0n) is 30.5. The molecule has 0 spiro atoms. The van der Waals surface area contributed by atoms with E-state index in [-0.39, 0.29) is 0 Å². The van der Waals surface area contributed by atoms with E-state index in [2.05, 4.69) is 124 Å². The highest BCUT2D eigenvalue weighted by molar-refractivity contribution is 6.14. The third-order valence-electron chi connectivity index (χ3n) is 11.2. The number of furan rings is 1. The molecule has 0 amide bonds. The zero-order valence-corrected chi connectivity index (χ0v) is 30.5. The van der Waals surface area contributed by atoms with Crippen LogP contribution in [0.25, 0.3) is 111 Å². The van der Waals surface area contributed by atoms with Crippen molar-refractivity contribution in [3.63, 3.8) is 0 Å². The Labute approximate surface area is 326 Å². The lowest BCUT2D eigenvalue weighted by Gasteiger charge is -2.11. The normalized spacial score (nSPS) is 11.9. The van der Waals surface area contributed by atoms with E-state index >= 15 is 0 Å². The van der Waals surface area contributed by atoms with Crippen LogP contribution in [0.3, 0.4) is 0 Å². The minimum Gasteiger partial charge on any atom is -0.454 e. The van der Waals surface area contributed by atoms with E-state index < -0.39 is 0 Å². The number of hydrogen-bond donors (Lipinski definition) is 0. The van der Waals surface area contributed by atoms with Crippen LogP contribution >= 0.6 is 0 Å². The Hall–Kier alpha value is -7.83. The van der Waals surface area contributed by atoms with Gasteiger partial charge in [0.25, 0.3) is 0 Å². The van der Waals surface area contributed by atoms with E-state index in [1.807, 2.05) is 72.8 Å². The number of nitrogens with zero attached hydrogens (tertiary/aromatic N) is 5. The van der Waals surface area contributed by atoms with Gasteiger partial charge >= 0.3 is 0 Å². The minimum absolute atomic E-state index is 0.573. The predicted octanol–water partition coefficient (Wildman–Crippen LogP) is 13.0. The molecule has 6 heteroatoms.